The van der Waals surface area contributed by atoms with E-state index in [2.05, 4.69) is 6.58 Å². The second kappa shape index (κ2) is 8.21. The quantitative estimate of drug-likeness (QED) is 0.732. The molecule has 132 valence electrons. The van der Waals surface area contributed by atoms with Crippen LogP contribution in [0.4, 0.5) is 0 Å². The van der Waals surface area contributed by atoms with Gasteiger partial charge in [-0.2, -0.15) is 0 Å². The zero-order valence-electron chi connectivity index (χ0n) is 14.6. The Labute approximate surface area is 153 Å². The first-order chi connectivity index (χ1) is 12.6. The van der Waals surface area contributed by atoms with Gasteiger partial charge < -0.3 is 14.2 Å². The molecule has 3 rings (SSSR count). The molecule has 0 atom stereocenters. The van der Waals surface area contributed by atoms with E-state index in [0.29, 0.717) is 36.0 Å². The third kappa shape index (κ3) is 4.63. The number of rotatable bonds is 7. The van der Waals surface area contributed by atoms with Gasteiger partial charge in [-0.1, -0.05) is 24.8 Å². The third-order valence-corrected chi connectivity index (χ3v) is 3.69. The molecule has 4 nitrogen and oxygen atoms in total. The largest absolute Gasteiger partial charge is 0.494 e. The number of carbonyl (C=O) groups is 1. The zero-order chi connectivity index (χ0) is 18.4. The van der Waals surface area contributed by atoms with E-state index in [1.165, 1.54) is 12.2 Å². The van der Waals surface area contributed by atoms with Gasteiger partial charge in [0.1, 0.15) is 29.6 Å². The fourth-order valence-corrected chi connectivity index (χ4v) is 2.44. The number of benzene rings is 2. The number of allylic oxidation sites excluding steroid dienone is 3. The van der Waals surface area contributed by atoms with E-state index < -0.39 is 0 Å². The van der Waals surface area contributed by atoms with Crippen LogP contribution in [0.3, 0.4) is 0 Å². The highest BCUT2D eigenvalue weighted by Gasteiger charge is 2.11. The Hall–Kier alpha value is -3.27. The maximum absolute atomic E-state index is 11.5. The summed E-state index contributed by atoms with van der Waals surface area (Å²) >= 11 is 0. The van der Waals surface area contributed by atoms with Crippen LogP contribution >= 0.6 is 0 Å². The predicted octanol–water partition coefficient (Wildman–Crippen LogP) is 4.62. The molecule has 0 fully saturated rings. The lowest BCUT2D eigenvalue weighted by molar-refractivity contribution is -0.110. The van der Waals surface area contributed by atoms with Crippen LogP contribution in [-0.2, 0) is 11.4 Å². The maximum atomic E-state index is 11.5. The van der Waals surface area contributed by atoms with Crippen molar-refractivity contribution in [2.45, 2.75) is 13.5 Å². The van der Waals surface area contributed by atoms with Gasteiger partial charge in [0.25, 0.3) is 0 Å². The van der Waals surface area contributed by atoms with Gasteiger partial charge >= 0.3 is 0 Å². The van der Waals surface area contributed by atoms with E-state index in [-0.39, 0.29) is 5.78 Å². The average molecular weight is 348 g/mol. The first-order valence-electron chi connectivity index (χ1n) is 8.39. The highest BCUT2D eigenvalue weighted by Crippen LogP contribution is 2.25. The van der Waals surface area contributed by atoms with E-state index in [9.17, 15) is 4.79 Å². The molecule has 0 heterocycles. The summed E-state index contributed by atoms with van der Waals surface area (Å²) in [6.45, 7) is 6.87. The summed E-state index contributed by atoms with van der Waals surface area (Å²) in [6, 6.07) is 15.1. The SMILES string of the molecule is C=C1C=CC(=O)C=C1Oc1cccc(OCc2cccc(OCC)c2)c1. The second-order valence-electron chi connectivity index (χ2n) is 5.72. The van der Waals surface area contributed by atoms with E-state index in [4.69, 9.17) is 14.2 Å². The molecule has 26 heavy (non-hydrogen) atoms. The summed E-state index contributed by atoms with van der Waals surface area (Å²) < 4.78 is 17.1. The average Bonchev–Trinajstić information content (AvgIpc) is 2.64. The van der Waals surface area contributed by atoms with Crippen molar-refractivity contribution in [1.82, 2.24) is 0 Å². The summed E-state index contributed by atoms with van der Waals surface area (Å²) in [6.07, 6.45) is 4.53. The van der Waals surface area contributed by atoms with Crippen molar-refractivity contribution in [2.24, 2.45) is 0 Å². The van der Waals surface area contributed by atoms with Gasteiger partial charge in [0, 0.05) is 17.7 Å². The summed E-state index contributed by atoms with van der Waals surface area (Å²) in [5, 5.41) is 0. The van der Waals surface area contributed by atoms with E-state index in [1.54, 1.807) is 18.2 Å². The Morgan fingerprint density at radius 2 is 1.65 bits per heavy atom. The summed E-state index contributed by atoms with van der Waals surface area (Å²) in [7, 11) is 0. The molecule has 0 N–H and O–H groups in total. The number of hydrogen-bond acceptors (Lipinski definition) is 4. The third-order valence-electron chi connectivity index (χ3n) is 3.69. The molecule has 0 saturated heterocycles. The summed E-state index contributed by atoms with van der Waals surface area (Å²) in [4.78, 5) is 11.5. The molecule has 0 saturated carbocycles. The van der Waals surface area contributed by atoms with Gasteiger partial charge in [0.15, 0.2) is 5.78 Å². The molecule has 1 aliphatic carbocycles. The fourth-order valence-electron chi connectivity index (χ4n) is 2.44. The molecule has 4 heteroatoms. The highest BCUT2D eigenvalue weighted by atomic mass is 16.5. The summed E-state index contributed by atoms with van der Waals surface area (Å²) in [5.41, 5.74) is 1.67. The fraction of sp³-hybridized carbons (Fsp3) is 0.136. The van der Waals surface area contributed by atoms with E-state index >= 15 is 0 Å². The number of ketones is 1. The summed E-state index contributed by atoms with van der Waals surface area (Å²) in [5.74, 6) is 2.41. The van der Waals surface area contributed by atoms with Crippen LogP contribution < -0.4 is 14.2 Å². The van der Waals surface area contributed by atoms with Gasteiger partial charge in [-0.25, -0.2) is 0 Å². The van der Waals surface area contributed by atoms with Crippen molar-refractivity contribution < 1.29 is 19.0 Å². The molecule has 0 bridgehead atoms. The first-order valence-corrected chi connectivity index (χ1v) is 8.39. The molecule has 2 aromatic carbocycles. The lowest BCUT2D eigenvalue weighted by atomic mass is 10.1. The van der Waals surface area contributed by atoms with Crippen LogP contribution in [0.2, 0.25) is 0 Å². The molecule has 0 unspecified atom stereocenters. The standard InChI is InChI=1S/C22H20O4/c1-3-24-19-7-4-6-17(12-19)15-25-20-8-5-9-21(14-20)26-22-13-18(23)11-10-16(22)2/h4-14H,2-3,15H2,1H3. The Bertz CT molecular complexity index is 877. The molecule has 2 aromatic rings. The molecule has 0 radical (unpaired) electrons. The van der Waals surface area contributed by atoms with Crippen molar-refractivity contribution in [3.63, 3.8) is 0 Å². The minimum Gasteiger partial charge on any atom is -0.494 e. The van der Waals surface area contributed by atoms with Gasteiger partial charge in [0.2, 0.25) is 0 Å². The van der Waals surface area contributed by atoms with Crippen LogP contribution in [0.1, 0.15) is 12.5 Å². The predicted molar refractivity (Wildman–Crippen MR) is 100 cm³/mol. The van der Waals surface area contributed by atoms with Crippen molar-refractivity contribution in [1.29, 1.82) is 0 Å². The van der Waals surface area contributed by atoms with Gasteiger partial charge in [0.05, 0.1) is 6.61 Å². The molecule has 0 aliphatic heterocycles. The van der Waals surface area contributed by atoms with Gasteiger partial charge in [-0.05, 0) is 48.9 Å². The molecule has 0 aromatic heterocycles. The van der Waals surface area contributed by atoms with Gasteiger partial charge in [-0.3, -0.25) is 4.79 Å². The molecule has 1 aliphatic rings. The first kappa shape index (κ1) is 17.5. The van der Waals surface area contributed by atoms with Crippen molar-refractivity contribution in [3.05, 3.63) is 90.2 Å². The van der Waals surface area contributed by atoms with E-state index in [0.717, 1.165) is 11.3 Å². The topological polar surface area (TPSA) is 44.8 Å². The monoisotopic (exact) mass is 348 g/mol. The van der Waals surface area contributed by atoms with Gasteiger partial charge in [-0.15, -0.1) is 0 Å². The van der Waals surface area contributed by atoms with Crippen molar-refractivity contribution >= 4 is 5.78 Å². The van der Waals surface area contributed by atoms with Crippen LogP contribution in [0, 0.1) is 0 Å². The normalized spacial score (nSPS) is 13.3. The minimum absolute atomic E-state index is 0.117. The molecular weight excluding hydrogens is 328 g/mol. The van der Waals surface area contributed by atoms with Crippen LogP contribution in [0.25, 0.3) is 0 Å². The molecule has 0 spiro atoms. The lowest BCUT2D eigenvalue weighted by Crippen LogP contribution is -2.05. The second-order valence-corrected chi connectivity index (χ2v) is 5.72. The van der Waals surface area contributed by atoms with Crippen LogP contribution in [0.5, 0.6) is 17.2 Å². The Morgan fingerprint density at radius 1 is 0.923 bits per heavy atom. The lowest BCUT2D eigenvalue weighted by Gasteiger charge is -2.13. The van der Waals surface area contributed by atoms with Crippen molar-refractivity contribution in [2.75, 3.05) is 6.61 Å². The van der Waals surface area contributed by atoms with Crippen molar-refractivity contribution in [3.8, 4) is 17.2 Å². The van der Waals surface area contributed by atoms with E-state index in [1.807, 2.05) is 43.3 Å². The molecular formula is C22H20O4. The number of hydrogen-bond donors (Lipinski definition) is 0. The van der Waals surface area contributed by atoms with Crippen LogP contribution in [0.15, 0.2) is 84.7 Å². The Kier molecular flexibility index (Phi) is 5.54. The Balaban J connectivity index is 1.65. The zero-order valence-corrected chi connectivity index (χ0v) is 14.6. The number of carbonyl (C=O) groups excluding carboxylic acids is 1. The maximum Gasteiger partial charge on any atom is 0.182 e. The highest BCUT2D eigenvalue weighted by molar-refractivity contribution is 6.02. The minimum atomic E-state index is -0.117. The molecule has 0 amide bonds. The van der Waals surface area contributed by atoms with Crippen LogP contribution in [-0.4, -0.2) is 12.4 Å². The smallest absolute Gasteiger partial charge is 0.182 e. The number of ether oxygens (including phenoxy) is 3. The Morgan fingerprint density at radius 3 is 2.46 bits per heavy atom.